The lowest BCUT2D eigenvalue weighted by atomic mass is 10.0. The summed E-state index contributed by atoms with van der Waals surface area (Å²) in [5, 5.41) is 2.95. The largest absolute Gasteiger partial charge is 0.345 e. The molecule has 1 heterocycles. The van der Waals surface area contributed by atoms with Gasteiger partial charge in [-0.1, -0.05) is 13.8 Å². The van der Waals surface area contributed by atoms with Gasteiger partial charge in [-0.2, -0.15) is 0 Å². The molecule has 0 fully saturated rings. The summed E-state index contributed by atoms with van der Waals surface area (Å²) in [6.07, 6.45) is 5.25. The SMILES string of the molecule is CCC(CC)C(=O)Nc1ccc(-c2ncc[nH]2)cc1. The van der Waals surface area contributed by atoms with Gasteiger partial charge < -0.3 is 10.3 Å². The predicted molar refractivity (Wildman–Crippen MR) is 76.7 cm³/mol. The van der Waals surface area contributed by atoms with E-state index >= 15 is 0 Å². The summed E-state index contributed by atoms with van der Waals surface area (Å²) < 4.78 is 0. The lowest BCUT2D eigenvalue weighted by Crippen LogP contribution is -2.21. The van der Waals surface area contributed by atoms with E-state index in [0.29, 0.717) is 0 Å². The number of amides is 1. The Morgan fingerprint density at radius 2 is 1.95 bits per heavy atom. The first-order valence-electron chi connectivity index (χ1n) is 6.65. The lowest BCUT2D eigenvalue weighted by Gasteiger charge is -2.12. The van der Waals surface area contributed by atoms with Crippen LogP contribution >= 0.6 is 0 Å². The third-order valence-electron chi connectivity index (χ3n) is 3.28. The van der Waals surface area contributed by atoms with Gasteiger partial charge in [0.2, 0.25) is 5.91 Å². The molecule has 0 saturated heterocycles. The van der Waals surface area contributed by atoms with Gasteiger partial charge in [-0.3, -0.25) is 4.79 Å². The molecule has 100 valence electrons. The topological polar surface area (TPSA) is 57.8 Å². The van der Waals surface area contributed by atoms with Crippen molar-refractivity contribution in [3.8, 4) is 11.4 Å². The average Bonchev–Trinajstić information content (AvgIpc) is 2.95. The van der Waals surface area contributed by atoms with Crippen LogP contribution in [-0.4, -0.2) is 15.9 Å². The van der Waals surface area contributed by atoms with Crippen LogP contribution in [0, 0.1) is 5.92 Å². The molecule has 0 unspecified atom stereocenters. The molecular weight excluding hydrogens is 238 g/mol. The molecule has 2 aromatic rings. The van der Waals surface area contributed by atoms with Crippen LogP contribution in [-0.2, 0) is 4.79 Å². The molecule has 0 saturated carbocycles. The molecule has 1 amide bonds. The number of imidazole rings is 1. The van der Waals surface area contributed by atoms with E-state index in [1.807, 2.05) is 38.1 Å². The molecule has 0 aliphatic carbocycles. The van der Waals surface area contributed by atoms with Crippen molar-refractivity contribution in [2.45, 2.75) is 26.7 Å². The van der Waals surface area contributed by atoms with E-state index in [1.54, 1.807) is 12.4 Å². The summed E-state index contributed by atoms with van der Waals surface area (Å²) >= 11 is 0. The first-order chi connectivity index (χ1) is 9.24. The Labute approximate surface area is 113 Å². The maximum atomic E-state index is 12.0. The van der Waals surface area contributed by atoms with Crippen LogP contribution in [0.3, 0.4) is 0 Å². The van der Waals surface area contributed by atoms with E-state index in [4.69, 9.17) is 0 Å². The Morgan fingerprint density at radius 1 is 1.26 bits per heavy atom. The Morgan fingerprint density at radius 3 is 2.47 bits per heavy atom. The van der Waals surface area contributed by atoms with Gasteiger partial charge in [0.25, 0.3) is 0 Å². The number of nitrogens with one attached hydrogen (secondary N) is 2. The molecule has 0 bridgehead atoms. The second-order valence-electron chi connectivity index (χ2n) is 4.52. The molecule has 1 aromatic carbocycles. The average molecular weight is 257 g/mol. The summed E-state index contributed by atoms with van der Waals surface area (Å²) in [5.41, 5.74) is 1.83. The van der Waals surface area contributed by atoms with Crippen LogP contribution < -0.4 is 5.32 Å². The van der Waals surface area contributed by atoms with Crippen LogP contribution in [0.15, 0.2) is 36.7 Å². The maximum absolute atomic E-state index is 12.0. The monoisotopic (exact) mass is 257 g/mol. The Bertz CT molecular complexity index is 513. The fraction of sp³-hybridized carbons (Fsp3) is 0.333. The molecule has 0 spiro atoms. The van der Waals surface area contributed by atoms with Crippen molar-refractivity contribution in [3.63, 3.8) is 0 Å². The van der Waals surface area contributed by atoms with Gasteiger partial charge in [0.15, 0.2) is 0 Å². The number of aromatic amines is 1. The standard InChI is InChI=1S/C15H19N3O/c1-3-11(4-2)15(19)18-13-7-5-12(6-8-13)14-16-9-10-17-14/h5-11H,3-4H2,1-2H3,(H,16,17)(H,18,19). The third-order valence-corrected chi connectivity index (χ3v) is 3.28. The smallest absolute Gasteiger partial charge is 0.227 e. The van der Waals surface area contributed by atoms with Gasteiger partial charge in [0.1, 0.15) is 5.82 Å². The number of carbonyl (C=O) groups is 1. The van der Waals surface area contributed by atoms with Gasteiger partial charge in [-0.15, -0.1) is 0 Å². The highest BCUT2D eigenvalue weighted by Crippen LogP contribution is 2.19. The Hall–Kier alpha value is -2.10. The second kappa shape index (κ2) is 6.18. The van der Waals surface area contributed by atoms with Crippen molar-refractivity contribution in [2.24, 2.45) is 5.92 Å². The van der Waals surface area contributed by atoms with E-state index in [9.17, 15) is 4.79 Å². The molecule has 4 nitrogen and oxygen atoms in total. The molecule has 0 aliphatic rings. The van der Waals surface area contributed by atoms with Crippen molar-refractivity contribution in [1.82, 2.24) is 9.97 Å². The van der Waals surface area contributed by atoms with Crippen molar-refractivity contribution < 1.29 is 4.79 Å². The predicted octanol–water partition coefficient (Wildman–Crippen LogP) is 3.45. The van der Waals surface area contributed by atoms with Crippen molar-refractivity contribution in [2.75, 3.05) is 5.32 Å². The number of rotatable bonds is 5. The van der Waals surface area contributed by atoms with E-state index < -0.39 is 0 Å². The van der Waals surface area contributed by atoms with Gasteiger partial charge in [-0.25, -0.2) is 4.98 Å². The fourth-order valence-corrected chi connectivity index (χ4v) is 2.04. The minimum atomic E-state index is 0.0877. The van der Waals surface area contributed by atoms with Crippen molar-refractivity contribution >= 4 is 11.6 Å². The molecule has 2 N–H and O–H groups in total. The van der Waals surface area contributed by atoms with Gasteiger partial charge >= 0.3 is 0 Å². The minimum absolute atomic E-state index is 0.0877. The quantitative estimate of drug-likeness (QED) is 0.861. The molecule has 1 aromatic heterocycles. The normalized spacial score (nSPS) is 10.7. The number of hydrogen-bond donors (Lipinski definition) is 2. The van der Waals surface area contributed by atoms with E-state index in [0.717, 1.165) is 29.9 Å². The second-order valence-corrected chi connectivity index (χ2v) is 4.52. The zero-order chi connectivity index (χ0) is 13.7. The summed E-state index contributed by atoms with van der Waals surface area (Å²) in [7, 11) is 0. The van der Waals surface area contributed by atoms with E-state index in [-0.39, 0.29) is 11.8 Å². The van der Waals surface area contributed by atoms with Crippen LogP contribution in [0.2, 0.25) is 0 Å². The number of nitrogens with zero attached hydrogens (tertiary/aromatic N) is 1. The number of carbonyl (C=O) groups excluding carboxylic acids is 1. The molecule has 2 rings (SSSR count). The number of anilines is 1. The van der Waals surface area contributed by atoms with Crippen molar-refractivity contribution in [1.29, 1.82) is 0 Å². The molecule has 4 heteroatoms. The Kier molecular flexibility index (Phi) is 4.34. The molecule has 0 atom stereocenters. The minimum Gasteiger partial charge on any atom is -0.345 e. The highest BCUT2D eigenvalue weighted by Gasteiger charge is 2.13. The number of hydrogen-bond acceptors (Lipinski definition) is 2. The number of H-pyrrole nitrogens is 1. The molecular formula is C15H19N3O. The number of aromatic nitrogens is 2. The van der Waals surface area contributed by atoms with Crippen LogP contribution in [0.1, 0.15) is 26.7 Å². The Balaban J connectivity index is 2.05. The van der Waals surface area contributed by atoms with Gasteiger partial charge in [0, 0.05) is 29.6 Å². The zero-order valence-corrected chi connectivity index (χ0v) is 11.3. The fourth-order valence-electron chi connectivity index (χ4n) is 2.04. The van der Waals surface area contributed by atoms with Crippen LogP contribution in [0.4, 0.5) is 5.69 Å². The van der Waals surface area contributed by atoms with Crippen LogP contribution in [0.25, 0.3) is 11.4 Å². The lowest BCUT2D eigenvalue weighted by molar-refractivity contribution is -0.120. The summed E-state index contributed by atoms with van der Waals surface area (Å²) in [6.45, 7) is 4.07. The maximum Gasteiger partial charge on any atom is 0.227 e. The summed E-state index contributed by atoms with van der Waals surface area (Å²) in [6, 6.07) is 7.69. The van der Waals surface area contributed by atoms with E-state index in [1.165, 1.54) is 0 Å². The van der Waals surface area contributed by atoms with Crippen LogP contribution in [0.5, 0.6) is 0 Å². The van der Waals surface area contributed by atoms with Crippen molar-refractivity contribution in [3.05, 3.63) is 36.7 Å². The van der Waals surface area contributed by atoms with E-state index in [2.05, 4.69) is 15.3 Å². The van der Waals surface area contributed by atoms with Gasteiger partial charge in [-0.05, 0) is 37.1 Å². The number of benzene rings is 1. The summed E-state index contributed by atoms with van der Waals surface area (Å²) in [5.74, 6) is 1.01. The highest BCUT2D eigenvalue weighted by molar-refractivity contribution is 5.92. The first-order valence-corrected chi connectivity index (χ1v) is 6.65. The highest BCUT2D eigenvalue weighted by atomic mass is 16.1. The zero-order valence-electron chi connectivity index (χ0n) is 11.3. The first kappa shape index (κ1) is 13.3. The summed E-state index contributed by atoms with van der Waals surface area (Å²) in [4.78, 5) is 19.2. The molecule has 0 aliphatic heterocycles. The molecule has 0 radical (unpaired) electrons. The third kappa shape index (κ3) is 3.22. The molecule has 19 heavy (non-hydrogen) atoms. The van der Waals surface area contributed by atoms with Gasteiger partial charge in [0.05, 0.1) is 0 Å².